The van der Waals surface area contributed by atoms with Crippen molar-refractivity contribution in [3.8, 4) is 0 Å². The highest BCUT2D eigenvalue weighted by Crippen LogP contribution is 2.43. The Hall–Kier alpha value is -2.15. The van der Waals surface area contributed by atoms with Gasteiger partial charge in [-0.25, -0.2) is 0 Å². The zero-order chi connectivity index (χ0) is 20.1. The van der Waals surface area contributed by atoms with Gasteiger partial charge in [0.2, 0.25) is 0 Å². The van der Waals surface area contributed by atoms with Gasteiger partial charge in [-0.15, -0.1) is 0 Å². The topological polar surface area (TPSA) is 80.1 Å². The van der Waals surface area contributed by atoms with Crippen molar-refractivity contribution < 1.29 is 23.5 Å². The van der Waals surface area contributed by atoms with E-state index in [0.717, 1.165) is 13.0 Å². The molecule has 0 radical (unpaired) electrons. The number of Topliss-reactive ketones (excluding diaryl/α,β-unsaturated/α-hetero) is 1. The molecule has 2 fully saturated rings. The van der Waals surface area contributed by atoms with Crippen LogP contribution in [0.15, 0.2) is 4.42 Å². The molecule has 28 heavy (non-hydrogen) atoms. The van der Waals surface area contributed by atoms with Gasteiger partial charge in [0.05, 0.1) is 16.5 Å². The smallest absolute Gasteiger partial charge is 0.312 e. The molecule has 1 aromatic heterocycles. The molecular weight excluding hydrogens is 360 g/mol. The molecule has 7 nitrogen and oxygen atoms in total. The Kier molecular flexibility index (Phi) is 4.81. The molecule has 1 aliphatic carbocycles. The fraction of sp³-hybridized carbons (Fsp3) is 0.667. The number of fused-ring (bicyclic) bond motifs is 1. The summed E-state index contributed by atoms with van der Waals surface area (Å²) in [7, 11) is 3.94. The predicted octanol–water partition coefficient (Wildman–Crippen LogP) is 2.21. The molecule has 152 valence electrons. The summed E-state index contributed by atoms with van der Waals surface area (Å²) in [6, 6.07) is 0. The Labute approximate surface area is 165 Å². The average molecular weight is 388 g/mol. The highest BCUT2D eigenvalue weighted by molar-refractivity contribution is 6.10. The molecule has 2 saturated heterocycles. The third-order valence-electron chi connectivity index (χ3n) is 6.36. The van der Waals surface area contributed by atoms with Crippen molar-refractivity contribution in [1.29, 1.82) is 0 Å². The van der Waals surface area contributed by atoms with Crippen LogP contribution in [0, 0.1) is 12.3 Å². The summed E-state index contributed by atoms with van der Waals surface area (Å²) in [6.45, 7) is 3.47. The highest BCUT2D eigenvalue weighted by atomic mass is 16.6. The van der Waals surface area contributed by atoms with E-state index in [1.807, 2.05) is 19.0 Å². The molecule has 1 unspecified atom stereocenters. The van der Waals surface area contributed by atoms with Gasteiger partial charge >= 0.3 is 5.97 Å². The first-order valence-corrected chi connectivity index (χ1v) is 10.1. The van der Waals surface area contributed by atoms with Crippen LogP contribution in [0.4, 0.5) is 0 Å². The number of hydrogen-bond donors (Lipinski definition) is 0. The molecule has 1 atom stereocenters. The second-order valence-corrected chi connectivity index (χ2v) is 8.67. The SMILES string of the molecule is Cc1oc2c(c1C(=O)N1CCC3(CC1)CC(CN(C)C)OC3=O)C(=O)CCC2. The van der Waals surface area contributed by atoms with Gasteiger partial charge in [0, 0.05) is 38.9 Å². The van der Waals surface area contributed by atoms with Crippen molar-refractivity contribution in [2.75, 3.05) is 33.7 Å². The van der Waals surface area contributed by atoms with Crippen LogP contribution in [0.5, 0.6) is 0 Å². The quantitative estimate of drug-likeness (QED) is 0.739. The van der Waals surface area contributed by atoms with Crippen molar-refractivity contribution in [2.45, 2.75) is 51.6 Å². The van der Waals surface area contributed by atoms with Crippen molar-refractivity contribution in [1.82, 2.24) is 9.80 Å². The number of aryl methyl sites for hydroxylation is 2. The maximum Gasteiger partial charge on any atom is 0.312 e. The Morgan fingerprint density at radius 2 is 1.93 bits per heavy atom. The molecule has 3 aliphatic rings. The summed E-state index contributed by atoms with van der Waals surface area (Å²) in [5.74, 6) is 0.900. The van der Waals surface area contributed by atoms with Gasteiger partial charge in [0.1, 0.15) is 17.6 Å². The number of carbonyl (C=O) groups excluding carboxylic acids is 3. The second kappa shape index (κ2) is 7.03. The number of hydrogen-bond acceptors (Lipinski definition) is 6. The number of piperidine rings is 1. The van der Waals surface area contributed by atoms with Crippen LogP contribution in [-0.2, 0) is 16.0 Å². The standard InChI is InChI=1S/C21H28N2O5/c1-13-17(18-15(24)5-4-6-16(18)27-13)19(25)23-9-7-21(8-10-23)11-14(12-22(2)3)28-20(21)26/h14H,4-12H2,1-3H3. The zero-order valence-electron chi connectivity index (χ0n) is 16.9. The molecule has 7 heteroatoms. The lowest BCUT2D eigenvalue weighted by Crippen LogP contribution is -2.45. The second-order valence-electron chi connectivity index (χ2n) is 8.67. The fourth-order valence-corrected chi connectivity index (χ4v) is 4.92. The van der Waals surface area contributed by atoms with Gasteiger partial charge in [0.25, 0.3) is 5.91 Å². The molecule has 0 aromatic carbocycles. The lowest BCUT2D eigenvalue weighted by atomic mass is 9.76. The number of rotatable bonds is 3. The first-order chi connectivity index (χ1) is 13.3. The number of cyclic esters (lactones) is 1. The molecule has 0 bridgehead atoms. The van der Waals surface area contributed by atoms with E-state index in [0.29, 0.717) is 67.8 Å². The molecular formula is C21H28N2O5. The number of ether oxygens (including phenoxy) is 1. The van der Waals surface area contributed by atoms with E-state index in [4.69, 9.17) is 9.15 Å². The number of furan rings is 1. The van der Waals surface area contributed by atoms with Gasteiger partial charge < -0.3 is 19.0 Å². The number of nitrogens with zero attached hydrogens (tertiary/aromatic N) is 2. The first kappa shape index (κ1) is 19.2. The molecule has 3 heterocycles. The first-order valence-electron chi connectivity index (χ1n) is 10.1. The maximum absolute atomic E-state index is 13.2. The number of amides is 1. The van der Waals surface area contributed by atoms with Crippen LogP contribution in [0.2, 0.25) is 0 Å². The lowest BCUT2D eigenvalue weighted by Gasteiger charge is -2.36. The number of ketones is 1. The summed E-state index contributed by atoms with van der Waals surface area (Å²) in [5.41, 5.74) is 0.438. The van der Waals surface area contributed by atoms with Crippen molar-refractivity contribution in [3.63, 3.8) is 0 Å². The summed E-state index contributed by atoms with van der Waals surface area (Å²) >= 11 is 0. The largest absolute Gasteiger partial charge is 0.465 e. The highest BCUT2D eigenvalue weighted by Gasteiger charge is 2.51. The molecule has 4 rings (SSSR count). The minimum atomic E-state index is -0.474. The Morgan fingerprint density at radius 3 is 2.61 bits per heavy atom. The average Bonchev–Trinajstić information content (AvgIpc) is 3.12. The normalized spacial score (nSPS) is 24.0. The molecule has 0 saturated carbocycles. The van der Waals surface area contributed by atoms with Crippen molar-refractivity contribution in [3.05, 3.63) is 22.6 Å². The molecule has 1 aromatic rings. The predicted molar refractivity (Wildman–Crippen MR) is 101 cm³/mol. The number of carbonyl (C=O) groups is 3. The summed E-state index contributed by atoms with van der Waals surface area (Å²) < 4.78 is 11.3. The number of likely N-dealkylation sites (N-methyl/N-ethyl adjacent to an activating group) is 1. The molecule has 2 aliphatic heterocycles. The van der Waals surface area contributed by atoms with E-state index in [9.17, 15) is 14.4 Å². The van der Waals surface area contributed by atoms with Crippen LogP contribution in [0.1, 0.15) is 64.3 Å². The van der Waals surface area contributed by atoms with Crippen LogP contribution >= 0.6 is 0 Å². The minimum absolute atomic E-state index is 0.000766. The summed E-state index contributed by atoms with van der Waals surface area (Å²) in [5, 5.41) is 0. The van der Waals surface area contributed by atoms with Crippen LogP contribution in [0.3, 0.4) is 0 Å². The Morgan fingerprint density at radius 1 is 1.21 bits per heavy atom. The van der Waals surface area contributed by atoms with Gasteiger partial charge in [-0.05, 0) is 40.3 Å². The fourth-order valence-electron chi connectivity index (χ4n) is 4.92. The summed E-state index contributed by atoms with van der Waals surface area (Å²) in [4.78, 5) is 41.9. The van der Waals surface area contributed by atoms with E-state index in [2.05, 4.69) is 0 Å². The monoisotopic (exact) mass is 388 g/mol. The number of esters is 1. The van der Waals surface area contributed by atoms with Gasteiger partial charge in [-0.2, -0.15) is 0 Å². The molecule has 1 amide bonds. The molecule has 0 N–H and O–H groups in total. The van der Waals surface area contributed by atoms with Crippen molar-refractivity contribution >= 4 is 17.7 Å². The Bertz CT molecular complexity index is 817. The van der Waals surface area contributed by atoms with E-state index >= 15 is 0 Å². The van der Waals surface area contributed by atoms with E-state index < -0.39 is 5.41 Å². The van der Waals surface area contributed by atoms with Gasteiger partial charge in [0.15, 0.2) is 5.78 Å². The van der Waals surface area contributed by atoms with Gasteiger partial charge in [-0.3, -0.25) is 14.4 Å². The van der Waals surface area contributed by atoms with E-state index in [-0.39, 0.29) is 23.8 Å². The van der Waals surface area contributed by atoms with Crippen LogP contribution < -0.4 is 0 Å². The van der Waals surface area contributed by atoms with E-state index in [1.165, 1.54) is 0 Å². The third-order valence-corrected chi connectivity index (χ3v) is 6.36. The van der Waals surface area contributed by atoms with Crippen LogP contribution in [0.25, 0.3) is 0 Å². The summed E-state index contributed by atoms with van der Waals surface area (Å²) in [6.07, 6.45) is 3.79. The third kappa shape index (κ3) is 3.15. The molecule has 1 spiro atoms. The maximum atomic E-state index is 13.2. The van der Waals surface area contributed by atoms with Crippen molar-refractivity contribution in [2.24, 2.45) is 5.41 Å². The minimum Gasteiger partial charge on any atom is -0.465 e. The van der Waals surface area contributed by atoms with E-state index in [1.54, 1.807) is 11.8 Å². The zero-order valence-corrected chi connectivity index (χ0v) is 16.9. The lowest BCUT2D eigenvalue weighted by molar-refractivity contribution is -0.150. The van der Waals surface area contributed by atoms with Gasteiger partial charge in [-0.1, -0.05) is 0 Å². The Balaban J connectivity index is 1.48. The van der Waals surface area contributed by atoms with Crippen LogP contribution in [-0.4, -0.2) is 67.3 Å². The number of likely N-dealkylation sites (tertiary alicyclic amines) is 1.